The third-order valence-electron chi connectivity index (χ3n) is 2.67. The Morgan fingerprint density at radius 1 is 1.53 bits per heavy atom. The minimum Gasteiger partial charge on any atom is -0.462 e. The monoisotopic (exact) mass is 230 g/mol. The fraction of sp³-hybridized carbons (Fsp3) is 0.727. The molecule has 0 heterocycles. The van der Waals surface area contributed by atoms with Crippen LogP contribution in [0.25, 0.3) is 0 Å². The average Bonchev–Trinajstić information content (AvgIpc) is 2.11. The lowest BCUT2D eigenvalue weighted by Crippen LogP contribution is -2.17. The third-order valence-corrected chi connectivity index (χ3v) is 6.57. The maximum Gasteiger partial charge on any atom is 0.333 e. The summed E-state index contributed by atoms with van der Waals surface area (Å²) in [6, 6.07) is 0. The van der Waals surface area contributed by atoms with Crippen molar-refractivity contribution >= 4 is 23.8 Å². The van der Waals surface area contributed by atoms with E-state index in [4.69, 9.17) is 4.74 Å². The van der Waals surface area contributed by atoms with Gasteiger partial charge in [-0.25, -0.2) is 4.79 Å². The molecule has 0 spiro atoms. The Morgan fingerprint density at radius 2 is 2.07 bits per heavy atom. The molecule has 15 heavy (non-hydrogen) atoms. The third kappa shape index (κ3) is 5.93. The summed E-state index contributed by atoms with van der Waals surface area (Å²) in [5.74, 6) is 0.890. The smallest absolute Gasteiger partial charge is 0.333 e. The molecule has 2 nitrogen and oxygen atoms in total. The van der Waals surface area contributed by atoms with E-state index >= 15 is 0 Å². The zero-order valence-corrected chi connectivity index (χ0v) is 11.4. The van der Waals surface area contributed by atoms with Crippen LogP contribution in [0, 0.1) is 0 Å². The molecule has 0 bridgehead atoms. The Hall–Kier alpha value is -0.375. The van der Waals surface area contributed by atoms with Crippen LogP contribution >= 0.6 is 10.0 Å². The maximum atomic E-state index is 11.1. The minimum absolute atomic E-state index is 0.271. The Morgan fingerprint density at radius 3 is 2.47 bits per heavy atom. The lowest BCUT2D eigenvalue weighted by Gasteiger charge is -2.36. The van der Waals surface area contributed by atoms with Gasteiger partial charge in [-0.05, 0) is 36.8 Å². The first-order chi connectivity index (χ1) is 6.77. The van der Waals surface area contributed by atoms with E-state index in [0.717, 1.165) is 17.3 Å². The summed E-state index contributed by atoms with van der Waals surface area (Å²) < 4.78 is 5.05. The molecular formula is C11H23BO2S. The summed E-state index contributed by atoms with van der Waals surface area (Å²) in [7, 11) is 1.73. The molecule has 0 fully saturated rings. The zero-order valence-electron chi connectivity index (χ0n) is 10.6. The Labute approximate surface area is 96.2 Å². The van der Waals surface area contributed by atoms with E-state index in [2.05, 4.69) is 33.9 Å². The second-order valence-electron chi connectivity index (χ2n) is 4.65. The zero-order chi connectivity index (χ0) is 12.1. The SMILES string of the molecule is BC(C)S(C)(C)CCCOC(=O)C(=C)C. The van der Waals surface area contributed by atoms with Crippen molar-refractivity contribution in [1.29, 1.82) is 0 Å². The number of carbonyl (C=O) groups is 1. The fourth-order valence-electron chi connectivity index (χ4n) is 0.955. The van der Waals surface area contributed by atoms with Crippen molar-refractivity contribution in [3.05, 3.63) is 12.2 Å². The van der Waals surface area contributed by atoms with Crippen molar-refractivity contribution in [2.45, 2.75) is 25.4 Å². The molecule has 0 rings (SSSR count). The molecule has 0 aromatic carbocycles. The molecule has 0 radical (unpaired) electrons. The van der Waals surface area contributed by atoms with Crippen LogP contribution in [0.4, 0.5) is 0 Å². The average molecular weight is 230 g/mol. The van der Waals surface area contributed by atoms with Gasteiger partial charge < -0.3 is 4.74 Å². The summed E-state index contributed by atoms with van der Waals surface area (Å²) in [5.41, 5.74) is 0.477. The minimum atomic E-state index is -0.530. The van der Waals surface area contributed by atoms with Gasteiger partial charge in [-0.3, -0.25) is 10.0 Å². The highest BCUT2D eigenvalue weighted by atomic mass is 32.3. The van der Waals surface area contributed by atoms with E-state index in [1.165, 1.54) is 0 Å². The van der Waals surface area contributed by atoms with Gasteiger partial charge in [0.2, 0.25) is 0 Å². The first kappa shape index (κ1) is 14.6. The quantitative estimate of drug-likeness (QED) is 0.299. The molecule has 88 valence electrons. The summed E-state index contributed by atoms with van der Waals surface area (Å²) in [6.45, 7) is 8.00. The van der Waals surface area contributed by atoms with Gasteiger partial charge in [0.1, 0.15) is 7.85 Å². The van der Waals surface area contributed by atoms with Crippen LogP contribution in [0.1, 0.15) is 20.3 Å². The van der Waals surface area contributed by atoms with E-state index in [0.29, 0.717) is 12.2 Å². The van der Waals surface area contributed by atoms with Crippen LogP contribution in [-0.2, 0) is 9.53 Å². The molecule has 0 saturated carbocycles. The van der Waals surface area contributed by atoms with Gasteiger partial charge in [0.25, 0.3) is 0 Å². The molecular weight excluding hydrogens is 207 g/mol. The number of rotatable bonds is 6. The number of hydrogen-bond donors (Lipinski definition) is 0. The van der Waals surface area contributed by atoms with Gasteiger partial charge in [-0.15, -0.1) is 0 Å². The van der Waals surface area contributed by atoms with Crippen molar-refractivity contribution in [2.24, 2.45) is 0 Å². The predicted molar refractivity (Wildman–Crippen MR) is 72.7 cm³/mol. The first-order valence-electron chi connectivity index (χ1n) is 5.30. The Kier molecular flexibility index (Phi) is 6.10. The summed E-state index contributed by atoms with van der Waals surface area (Å²) in [5, 5.41) is 0.731. The lowest BCUT2D eigenvalue weighted by atomic mass is 10.1. The van der Waals surface area contributed by atoms with E-state index in [-0.39, 0.29) is 5.97 Å². The molecule has 0 aromatic rings. The molecule has 0 amide bonds. The second-order valence-corrected chi connectivity index (χ2v) is 9.24. The van der Waals surface area contributed by atoms with Crippen molar-refractivity contribution in [2.75, 3.05) is 24.9 Å². The van der Waals surface area contributed by atoms with Gasteiger partial charge >= 0.3 is 5.97 Å². The lowest BCUT2D eigenvalue weighted by molar-refractivity contribution is -0.138. The summed E-state index contributed by atoms with van der Waals surface area (Å²) >= 11 is 0. The van der Waals surface area contributed by atoms with Crippen molar-refractivity contribution in [3.63, 3.8) is 0 Å². The highest BCUT2D eigenvalue weighted by molar-refractivity contribution is 8.33. The predicted octanol–water partition coefficient (Wildman–Crippen LogP) is 1.54. The first-order valence-corrected chi connectivity index (χ1v) is 7.98. The largest absolute Gasteiger partial charge is 0.462 e. The summed E-state index contributed by atoms with van der Waals surface area (Å²) in [6.07, 6.45) is 5.62. The second kappa shape index (κ2) is 6.26. The van der Waals surface area contributed by atoms with Crippen molar-refractivity contribution in [3.8, 4) is 0 Å². The van der Waals surface area contributed by atoms with Crippen LogP contribution in [0.5, 0.6) is 0 Å². The van der Waals surface area contributed by atoms with Gasteiger partial charge in [-0.2, -0.15) is 0 Å². The maximum absolute atomic E-state index is 11.1. The standard InChI is InChI=1S/C11H23BO2S/c1-9(2)11(13)14-7-6-8-15(4,5)10(3)12/h10H,1,6-8,12H2,2-5H3. The Bertz CT molecular complexity index is 237. The molecule has 0 aliphatic carbocycles. The fourth-order valence-corrected chi connectivity index (χ4v) is 2.29. The molecule has 0 saturated heterocycles. The van der Waals surface area contributed by atoms with Gasteiger partial charge in [-0.1, -0.05) is 13.5 Å². The molecule has 0 aromatic heterocycles. The van der Waals surface area contributed by atoms with E-state index in [1.54, 1.807) is 6.92 Å². The molecule has 0 aliphatic heterocycles. The van der Waals surface area contributed by atoms with Crippen LogP contribution < -0.4 is 0 Å². The van der Waals surface area contributed by atoms with Crippen molar-refractivity contribution in [1.82, 2.24) is 0 Å². The highest BCUT2D eigenvalue weighted by Gasteiger charge is 2.15. The summed E-state index contributed by atoms with van der Waals surface area (Å²) in [4.78, 5) is 11.1. The molecule has 0 N–H and O–H groups in total. The van der Waals surface area contributed by atoms with Crippen molar-refractivity contribution < 1.29 is 9.53 Å². The van der Waals surface area contributed by atoms with E-state index < -0.39 is 10.0 Å². The van der Waals surface area contributed by atoms with Gasteiger partial charge in [0, 0.05) is 5.57 Å². The van der Waals surface area contributed by atoms with Gasteiger partial charge in [0.15, 0.2) is 0 Å². The number of carbonyl (C=O) groups excluding carboxylic acids is 1. The Balaban J connectivity index is 3.72. The topological polar surface area (TPSA) is 26.3 Å². The van der Waals surface area contributed by atoms with Crippen LogP contribution in [0.15, 0.2) is 12.2 Å². The van der Waals surface area contributed by atoms with E-state index in [1.807, 2.05) is 0 Å². The van der Waals surface area contributed by atoms with Crippen LogP contribution in [0.2, 0.25) is 0 Å². The number of hydrogen-bond acceptors (Lipinski definition) is 2. The van der Waals surface area contributed by atoms with E-state index in [9.17, 15) is 4.79 Å². The normalized spacial score (nSPS) is 14.4. The molecule has 4 heteroatoms. The van der Waals surface area contributed by atoms with Crippen LogP contribution in [0.3, 0.4) is 0 Å². The highest BCUT2D eigenvalue weighted by Crippen LogP contribution is 2.43. The number of esters is 1. The van der Waals surface area contributed by atoms with Gasteiger partial charge in [0.05, 0.1) is 6.61 Å². The molecule has 1 unspecified atom stereocenters. The molecule has 0 aliphatic rings. The van der Waals surface area contributed by atoms with Crippen LogP contribution in [-0.4, -0.2) is 43.8 Å². The molecule has 1 atom stereocenters. The number of ether oxygens (including phenoxy) is 1.